The fraction of sp³-hybridized carbons (Fsp3) is 0.0833. The van der Waals surface area contributed by atoms with Crippen molar-refractivity contribution in [2.75, 3.05) is 0 Å². The third-order valence-corrected chi connectivity index (χ3v) is 8.20. The lowest BCUT2D eigenvalue weighted by Gasteiger charge is -2.41. The summed E-state index contributed by atoms with van der Waals surface area (Å²) in [7, 11) is 0. The lowest BCUT2D eigenvalue weighted by atomic mass is 9.70. The predicted molar refractivity (Wildman–Crippen MR) is 164 cm³/mol. The number of benzene rings is 3. The highest BCUT2D eigenvalue weighted by atomic mass is 19.1. The van der Waals surface area contributed by atoms with Crippen LogP contribution in [0.1, 0.15) is 27.9 Å². The van der Waals surface area contributed by atoms with Gasteiger partial charge >= 0.3 is 5.97 Å². The molecule has 0 spiro atoms. The van der Waals surface area contributed by atoms with Gasteiger partial charge < -0.3 is 5.11 Å². The molecule has 6 nitrogen and oxygen atoms in total. The van der Waals surface area contributed by atoms with E-state index in [1.807, 2.05) is 30.6 Å². The van der Waals surface area contributed by atoms with Crippen molar-refractivity contribution in [1.29, 1.82) is 0 Å². The molecule has 0 radical (unpaired) electrons. The monoisotopic (exact) mass is 566 g/mol. The number of hydrogen-bond donors (Lipinski definition) is 1. The first-order valence-electron chi connectivity index (χ1n) is 14.1. The average molecular weight is 567 g/mol. The van der Waals surface area contributed by atoms with Crippen molar-refractivity contribution in [3.63, 3.8) is 0 Å². The van der Waals surface area contributed by atoms with Crippen LogP contribution in [-0.2, 0) is 5.54 Å². The zero-order valence-corrected chi connectivity index (χ0v) is 23.1. The van der Waals surface area contributed by atoms with Gasteiger partial charge in [0, 0.05) is 35.0 Å². The van der Waals surface area contributed by atoms with Crippen LogP contribution in [0.15, 0.2) is 140 Å². The van der Waals surface area contributed by atoms with Crippen LogP contribution in [0.25, 0.3) is 28.0 Å². The highest BCUT2D eigenvalue weighted by Crippen LogP contribution is 2.44. The minimum absolute atomic E-state index is 0.0978. The summed E-state index contributed by atoms with van der Waals surface area (Å²) in [6.45, 7) is 0. The lowest BCUT2D eigenvalue weighted by Crippen LogP contribution is -2.43. The normalized spacial score (nSPS) is 14.8. The molecule has 1 aliphatic carbocycles. The third kappa shape index (κ3) is 4.46. The Morgan fingerprint density at radius 2 is 1.49 bits per heavy atom. The molecule has 6 aromatic rings. The van der Waals surface area contributed by atoms with Gasteiger partial charge in [-0.2, -0.15) is 14.5 Å². The summed E-state index contributed by atoms with van der Waals surface area (Å²) in [5.41, 5.74) is 4.73. The fourth-order valence-corrected chi connectivity index (χ4v) is 6.18. The molecule has 0 saturated heterocycles. The van der Waals surface area contributed by atoms with E-state index in [0.29, 0.717) is 11.2 Å². The number of pyridine rings is 1. The number of carboxylic acid groups (broad SMARTS) is 1. The first kappa shape index (κ1) is 26.3. The summed E-state index contributed by atoms with van der Waals surface area (Å²) in [4.78, 5) is 15.4. The zero-order chi connectivity index (χ0) is 29.4. The largest absolute Gasteiger partial charge is 0.478 e. The van der Waals surface area contributed by atoms with Crippen LogP contribution >= 0.6 is 0 Å². The van der Waals surface area contributed by atoms with Crippen molar-refractivity contribution in [2.24, 2.45) is 5.92 Å². The topological polar surface area (TPSA) is 72.4 Å². The molecule has 0 saturated carbocycles. The number of hydrogen-bond acceptors (Lipinski definition) is 3. The summed E-state index contributed by atoms with van der Waals surface area (Å²) in [6.07, 6.45) is 15.2. The quantitative estimate of drug-likeness (QED) is 0.216. The van der Waals surface area contributed by atoms with E-state index in [1.165, 1.54) is 12.1 Å². The molecule has 0 bridgehead atoms. The highest BCUT2D eigenvalue weighted by molar-refractivity contribution is 5.88. The third-order valence-electron chi connectivity index (χ3n) is 8.20. The van der Waals surface area contributed by atoms with Crippen LogP contribution in [0.3, 0.4) is 0 Å². The van der Waals surface area contributed by atoms with Crippen molar-refractivity contribution in [1.82, 2.24) is 19.2 Å². The molecule has 7 rings (SSSR count). The van der Waals surface area contributed by atoms with Crippen LogP contribution in [0, 0.1) is 11.9 Å². The van der Waals surface area contributed by atoms with Gasteiger partial charge in [0.1, 0.15) is 16.9 Å². The average Bonchev–Trinajstić information content (AvgIpc) is 3.67. The second kappa shape index (κ2) is 10.7. The summed E-state index contributed by atoms with van der Waals surface area (Å²) in [5, 5.41) is 14.3. The second-order valence-corrected chi connectivity index (χ2v) is 10.6. The molecule has 3 aromatic carbocycles. The van der Waals surface area contributed by atoms with Crippen LogP contribution in [0.2, 0.25) is 0 Å². The summed E-state index contributed by atoms with van der Waals surface area (Å²) >= 11 is 0. The number of carbonyl (C=O) groups is 1. The number of nitrogens with zero attached hydrogens (tertiary/aromatic N) is 4. The smallest absolute Gasteiger partial charge is 0.335 e. The maximum absolute atomic E-state index is 15.1. The van der Waals surface area contributed by atoms with Crippen molar-refractivity contribution < 1.29 is 14.3 Å². The molecule has 3 heterocycles. The van der Waals surface area contributed by atoms with E-state index >= 15 is 4.39 Å². The van der Waals surface area contributed by atoms with Gasteiger partial charge in [0.25, 0.3) is 0 Å². The highest BCUT2D eigenvalue weighted by Gasteiger charge is 2.43. The Morgan fingerprint density at radius 3 is 2.12 bits per heavy atom. The first-order chi connectivity index (χ1) is 21.1. The molecule has 210 valence electrons. The Kier molecular flexibility index (Phi) is 6.55. The number of aromatic nitrogens is 4. The van der Waals surface area contributed by atoms with Gasteiger partial charge in [-0.25, -0.2) is 4.79 Å². The van der Waals surface area contributed by atoms with Gasteiger partial charge in [-0.3, -0.25) is 9.08 Å². The maximum Gasteiger partial charge on any atom is 0.335 e. The standard InChI is InChI=1S/C36H27FN4O2/c37-34-33(25-16-18-26(19-17-25)35(42)43)40-23-27(20-21-32(40)39-34)28-22-38-41(24-28)36(29-10-4-1-5-11-29,30-12-6-2-7-13-30)31-14-8-3-9-15-31/h1-14,16-24,31H,15H2,(H,42,43). The number of allylic oxidation sites excluding steroid dienone is 4. The molecule has 0 fully saturated rings. The number of halogens is 1. The Balaban J connectivity index is 1.38. The molecular weight excluding hydrogens is 539 g/mol. The van der Waals surface area contributed by atoms with E-state index < -0.39 is 17.5 Å². The molecule has 0 aliphatic heterocycles. The van der Waals surface area contributed by atoms with Crippen molar-refractivity contribution in [3.8, 4) is 22.4 Å². The van der Waals surface area contributed by atoms with E-state index in [2.05, 4.69) is 88.7 Å². The van der Waals surface area contributed by atoms with E-state index in [9.17, 15) is 9.90 Å². The van der Waals surface area contributed by atoms with Crippen LogP contribution < -0.4 is 0 Å². The van der Waals surface area contributed by atoms with Crippen LogP contribution in [0.4, 0.5) is 4.39 Å². The van der Waals surface area contributed by atoms with Gasteiger partial charge in [0.15, 0.2) is 0 Å². The molecule has 7 heteroatoms. The van der Waals surface area contributed by atoms with Gasteiger partial charge in [0.2, 0.25) is 5.95 Å². The summed E-state index contributed by atoms with van der Waals surface area (Å²) in [6, 6.07) is 30.7. The van der Waals surface area contributed by atoms with Gasteiger partial charge in [0.05, 0.1) is 11.8 Å². The molecule has 1 unspecified atom stereocenters. The minimum Gasteiger partial charge on any atom is -0.478 e. The maximum atomic E-state index is 15.1. The van der Waals surface area contributed by atoms with Crippen molar-refractivity contribution in [3.05, 3.63) is 163 Å². The summed E-state index contributed by atoms with van der Waals surface area (Å²) in [5.74, 6) is -1.56. The van der Waals surface area contributed by atoms with E-state index in [1.54, 1.807) is 22.6 Å². The summed E-state index contributed by atoms with van der Waals surface area (Å²) < 4.78 is 18.9. The number of imidazole rings is 1. The minimum atomic E-state index is -1.04. The molecule has 43 heavy (non-hydrogen) atoms. The predicted octanol–water partition coefficient (Wildman–Crippen LogP) is 7.63. The fourth-order valence-electron chi connectivity index (χ4n) is 6.18. The molecule has 0 amide bonds. The Hall–Kier alpha value is -5.56. The van der Waals surface area contributed by atoms with Gasteiger partial charge in [-0.1, -0.05) is 97.1 Å². The molecule has 1 N–H and O–H groups in total. The van der Waals surface area contributed by atoms with E-state index in [-0.39, 0.29) is 17.2 Å². The molecule has 3 aromatic heterocycles. The Bertz CT molecular complexity index is 1950. The van der Waals surface area contributed by atoms with Crippen LogP contribution in [-0.4, -0.2) is 30.2 Å². The Labute approximate surface area is 247 Å². The van der Waals surface area contributed by atoms with Gasteiger partial charge in [-0.05, 0) is 41.8 Å². The molecule has 1 atom stereocenters. The van der Waals surface area contributed by atoms with Crippen molar-refractivity contribution >= 4 is 11.6 Å². The molecular formula is C36H27FN4O2. The van der Waals surface area contributed by atoms with Crippen molar-refractivity contribution in [2.45, 2.75) is 12.0 Å². The Morgan fingerprint density at radius 1 is 0.814 bits per heavy atom. The van der Waals surface area contributed by atoms with E-state index in [0.717, 1.165) is 28.7 Å². The number of fused-ring (bicyclic) bond motifs is 1. The van der Waals surface area contributed by atoms with E-state index in [4.69, 9.17) is 5.10 Å². The number of rotatable bonds is 7. The SMILES string of the molecule is O=C(O)c1ccc(-c2c(F)nc3ccc(-c4cnn(C(c5ccccc5)(c5ccccc5)C5C=CC=CC5)c4)cn23)cc1. The second-order valence-electron chi connectivity index (χ2n) is 10.6. The van der Waals surface area contributed by atoms with Crippen LogP contribution in [0.5, 0.6) is 0 Å². The number of carboxylic acids is 1. The zero-order valence-electron chi connectivity index (χ0n) is 23.1. The first-order valence-corrected chi connectivity index (χ1v) is 14.1. The number of aromatic carboxylic acids is 1. The lowest BCUT2D eigenvalue weighted by molar-refractivity contribution is 0.0697. The molecule has 1 aliphatic rings. The van der Waals surface area contributed by atoms with Gasteiger partial charge in [-0.15, -0.1) is 0 Å².